The number of aliphatic hydroxyl groups excluding tert-OH is 1. The fraction of sp³-hybridized carbons (Fsp3) is 0.562. The molecule has 21 heavy (non-hydrogen) atoms. The van der Waals surface area contributed by atoms with Gasteiger partial charge in [0.1, 0.15) is 5.75 Å². The van der Waals surface area contributed by atoms with Gasteiger partial charge in [-0.05, 0) is 44.0 Å². The molecule has 0 aliphatic rings. The molecule has 0 fully saturated rings. The first kappa shape index (κ1) is 17.5. The zero-order valence-electron chi connectivity index (χ0n) is 12.9. The highest BCUT2D eigenvalue weighted by Gasteiger charge is 2.29. The molecule has 1 aromatic rings. The SMILES string of the molecule is CCCNC(C)(CCOc1ccc(CCO)cc1)C(N)=O. The number of aliphatic hydroxyl groups is 1. The molecule has 1 aromatic carbocycles. The quantitative estimate of drug-likeness (QED) is 0.606. The van der Waals surface area contributed by atoms with Crippen molar-refractivity contribution in [3.8, 4) is 5.75 Å². The molecule has 0 saturated carbocycles. The molecule has 1 amide bonds. The van der Waals surface area contributed by atoms with Crippen LogP contribution < -0.4 is 15.8 Å². The van der Waals surface area contributed by atoms with Crippen molar-refractivity contribution in [2.75, 3.05) is 19.8 Å². The molecule has 1 atom stereocenters. The molecule has 0 aliphatic heterocycles. The summed E-state index contributed by atoms with van der Waals surface area (Å²) in [5, 5.41) is 12.0. The summed E-state index contributed by atoms with van der Waals surface area (Å²) in [4.78, 5) is 11.6. The van der Waals surface area contributed by atoms with Crippen LogP contribution in [0.3, 0.4) is 0 Å². The van der Waals surface area contributed by atoms with Crippen molar-refractivity contribution in [2.24, 2.45) is 5.73 Å². The molecule has 1 unspecified atom stereocenters. The van der Waals surface area contributed by atoms with Crippen LogP contribution in [-0.4, -0.2) is 36.3 Å². The molecule has 0 bridgehead atoms. The molecule has 5 nitrogen and oxygen atoms in total. The van der Waals surface area contributed by atoms with E-state index in [1.165, 1.54) is 0 Å². The predicted octanol–water partition coefficient (Wildman–Crippen LogP) is 1.23. The molecule has 5 heteroatoms. The lowest BCUT2D eigenvalue weighted by atomic mass is 9.97. The third-order valence-electron chi connectivity index (χ3n) is 3.50. The maximum Gasteiger partial charge on any atom is 0.237 e. The van der Waals surface area contributed by atoms with Gasteiger partial charge in [0.2, 0.25) is 5.91 Å². The number of carbonyl (C=O) groups excluding carboxylic acids is 1. The molecule has 0 aliphatic carbocycles. The van der Waals surface area contributed by atoms with E-state index in [9.17, 15) is 4.79 Å². The Balaban J connectivity index is 2.48. The molecule has 118 valence electrons. The molecule has 4 N–H and O–H groups in total. The Morgan fingerprint density at radius 3 is 2.57 bits per heavy atom. The second kappa shape index (κ2) is 8.64. The van der Waals surface area contributed by atoms with Crippen molar-refractivity contribution in [3.63, 3.8) is 0 Å². The standard InChI is InChI=1S/C16H26N2O3/c1-3-10-18-16(2,15(17)20)9-12-21-14-6-4-13(5-7-14)8-11-19/h4-7,18-19H,3,8-12H2,1-2H3,(H2,17,20). The van der Waals surface area contributed by atoms with E-state index in [1.54, 1.807) is 6.92 Å². The van der Waals surface area contributed by atoms with Crippen LogP contribution in [0.1, 0.15) is 32.3 Å². The number of benzene rings is 1. The summed E-state index contributed by atoms with van der Waals surface area (Å²) in [5.74, 6) is 0.386. The minimum absolute atomic E-state index is 0.139. The molecule has 0 radical (unpaired) electrons. The smallest absolute Gasteiger partial charge is 0.237 e. The minimum Gasteiger partial charge on any atom is -0.494 e. The van der Waals surface area contributed by atoms with Gasteiger partial charge in [-0.2, -0.15) is 0 Å². The third kappa shape index (κ3) is 5.73. The molecule has 0 spiro atoms. The Labute approximate surface area is 126 Å². The van der Waals surface area contributed by atoms with Crippen LogP contribution in [0.2, 0.25) is 0 Å². The average Bonchev–Trinajstić information content (AvgIpc) is 2.47. The first-order valence-corrected chi connectivity index (χ1v) is 7.39. The van der Waals surface area contributed by atoms with Crippen molar-refractivity contribution in [2.45, 2.75) is 38.6 Å². The number of nitrogens with two attached hydrogens (primary N) is 1. The number of ether oxygens (including phenoxy) is 1. The summed E-state index contributed by atoms with van der Waals surface area (Å²) in [6.07, 6.45) is 2.09. The van der Waals surface area contributed by atoms with Gasteiger partial charge < -0.3 is 20.9 Å². The molecular weight excluding hydrogens is 268 g/mol. The minimum atomic E-state index is -0.743. The van der Waals surface area contributed by atoms with E-state index >= 15 is 0 Å². The van der Waals surface area contributed by atoms with E-state index in [0.717, 1.165) is 24.3 Å². The monoisotopic (exact) mass is 294 g/mol. The summed E-state index contributed by atoms with van der Waals surface area (Å²) in [7, 11) is 0. The Kier molecular flexibility index (Phi) is 7.19. The van der Waals surface area contributed by atoms with Crippen LogP contribution in [0.4, 0.5) is 0 Å². The Bertz CT molecular complexity index is 434. The van der Waals surface area contributed by atoms with Gasteiger partial charge in [0.25, 0.3) is 0 Å². The second-order valence-electron chi connectivity index (χ2n) is 5.34. The number of hydrogen-bond donors (Lipinski definition) is 3. The molecular formula is C16H26N2O3. The van der Waals surface area contributed by atoms with E-state index in [2.05, 4.69) is 5.32 Å². The normalized spacial score (nSPS) is 13.7. The van der Waals surface area contributed by atoms with Gasteiger partial charge >= 0.3 is 0 Å². The molecule has 0 heterocycles. The van der Waals surface area contributed by atoms with E-state index in [0.29, 0.717) is 19.4 Å². The van der Waals surface area contributed by atoms with Gasteiger partial charge in [-0.1, -0.05) is 19.1 Å². The van der Waals surface area contributed by atoms with Crippen molar-refractivity contribution < 1.29 is 14.6 Å². The highest BCUT2D eigenvalue weighted by atomic mass is 16.5. The summed E-state index contributed by atoms with van der Waals surface area (Å²) >= 11 is 0. The van der Waals surface area contributed by atoms with Gasteiger partial charge in [0.05, 0.1) is 12.1 Å². The summed E-state index contributed by atoms with van der Waals surface area (Å²) in [6.45, 7) is 5.14. The van der Waals surface area contributed by atoms with Crippen LogP contribution >= 0.6 is 0 Å². The van der Waals surface area contributed by atoms with Gasteiger partial charge in [0.15, 0.2) is 0 Å². The topological polar surface area (TPSA) is 84.6 Å². The molecule has 0 aromatic heterocycles. The fourth-order valence-corrected chi connectivity index (χ4v) is 1.95. The van der Waals surface area contributed by atoms with Crippen molar-refractivity contribution >= 4 is 5.91 Å². The number of nitrogens with one attached hydrogen (secondary N) is 1. The largest absolute Gasteiger partial charge is 0.494 e. The summed E-state index contributed by atoms with van der Waals surface area (Å²) < 4.78 is 5.65. The third-order valence-corrected chi connectivity index (χ3v) is 3.50. The zero-order valence-corrected chi connectivity index (χ0v) is 12.9. The highest BCUT2D eigenvalue weighted by molar-refractivity contribution is 5.84. The fourth-order valence-electron chi connectivity index (χ4n) is 1.95. The Morgan fingerprint density at radius 2 is 2.05 bits per heavy atom. The first-order chi connectivity index (χ1) is 10.0. The van der Waals surface area contributed by atoms with Gasteiger partial charge in [-0.15, -0.1) is 0 Å². The maximum absolute atomic E-state index is 11.6. The van der Waals surface area contributed by atoms with Crippen LogP contribution in [0.5, 0.6) is 5.75 Å². The number of carbonyl (C=O) groups is 1. The van der Waals surface area contributed by atoms with E-state index in [-0.39, 0.29) is 12.5 Å². The number of hydrogen-bond acceptors (Lipinski definition) is 4. The highest BCUT2D eigenvalue weighted by Crippen LogP contribution is 2.15. The lowest BCUT2D eigenvalue weighted by molar-refractivity contribution is -0.124. The van der Waals surface area contributed by atoms with Gasteiger partial charge in [0, 0.05) is 13.0 Å². The van der Waals surface area contributed by atoms with Crippen molar-refractivity contribution in [3.05, 3.63) is 29.8 Å². The van der Waals surface area contributed by atoms with Crippen LogP contribution in [0.15, 0.2) is 24.3 Å². The average molecular weight is 294 g/mol. The Hall–Kier alpha value is -1.59. The molecule has 0 saturated heterocycles. The Morgan fingerprint density at radius 1 is 1.38 bits per heavy atom. The number of rotatable bonds is 10. The summed E-state index contributed by atoms with van der Waals surface area (Å²) in [6, 6.07) is 7.58. The lowest BCUT2D eigenvalue weighted by Gasteiger charge is -2.27. The van der Waals surface area contributed by atoms with Gasteiger partial charge in [-0.3, -0.25) is 4.79 Å². The summed E-state index contributed by atoms with van der Waals surface area (Å²) in [5.41, 5.74) is 5.79. The van der Waals surface area contributed by atoms with E-state index < -0.39 is 5.54 Å². The maximum atomic E-state index is 11.6. The number of primary amides is 1. The van der Waals surface area contributed by atoms with Crippen molar-refractivity contribution in [1.29, 1.82) is 0 Å². The predicted molar refractivity (Wildman–Crippen MR) is 83.2 cm³/mol. The van der Waals surface area contributed by atoms with Crippen molar-refractivity contribution in [1.82, 2.24) is 5.32 Å². The number of amides is 1. The molecule has 1 rings (SSSR count). The zero-order chi connectivity index (χ0) is 15.7. The first-order valence-electron chi connectivity index (χ1n) is 7.39. The van der Waals surface area contributed by atoms with Gasteiger partial charge in [-0.25, -0.2) is 0 Å². The van der Waals surface area contributed by atoms with Crippen LogP contribution in [0.25, 0.3) is 0 Å². The van der Waals surface area contributed by atoms with Crippen LogP contribution in [-0.2, 0) is 11.2 Å². The van der Waals surface area contributed by atoms with E-state index in [4.69, 9.17) is 15.6 Å². The second-order valence-corrected chi connectivity index (χ2v) is 5.34. The lowest BCUT2D eigenvalue weighted by Crippen LogP contribution is -2.54. The van der Waals surface area contributed by atoms with Crippen LogP contribution in [0, 0.1) is 0 Å². The van der Waals surface area contributed by atoms with E-state index in [1.807, 2.05) is 31.2 Å².